The van der Waals surface area contributed by atoms with E-state index >= 15 is 0 Å². The van der Waals surface area contributed by atoms with E-state index in [1.807, 2.05) is 4.90 Å². The summed E-state index contributed by atoms with van der Waals surface area (Å²) in [7, 11) is 4.19. The van der Waals surface area contributed by atoms with Crippen LogP contribution in [0.3, 0.4) is 0 Å². The zero-order chi connectivity index (χ0) is 10.6. The number of hydrogen-bond donors (Lipinski definition) is 0. The number of piperidine rings is 1. The van der Waals surface area contributed by atoms with Crippen LogP contribution in [-0.2, 0) is 4.79 Å². The fraction of sp³-hybridized carbons (Fsp3) is 0.909. The summed E-state index contributed by atoms with van der Waals surface area (Å²) < 4.78 is 0. The van der Waals surface area contributed by atoms with Crippen LogP contribution in [0.5, 0.6) is 0 Å². The van der Waals surface area contributed by atoms with Gasteiger partial charge in [-0.3, -0.25) is 4.79 Å². The van der Waals surface area contributed by atoms with Crippen molar-refractivity contribution < 1.29 is 4.79 Å². The number of amides is 1. The maximum absolute atomic E-state index is 11.7. The van der Waals surface area contributed by atoms with Gasteiger partial charge in [-0.05, 0) is 33.4 Å². The highest BCUT2D eigenvalue weighted by atomic mass is 16.2. The molecule has 1 aliphatic rings. The Morgan fingerprint density at radius 2 is 2.21 bits per heavy atom. The highest BCUT2D eigenvalue weighted by Gasteiger charge is 2.23. The van der Waals surface area contributed by atoms with E-state index in [4.69, 9.17) is 0 Å². The van der Waals surface area contributed by atoms with E-state index < -0.39 is 0 Å². The van der Waals surface area contributed by atoms with Crippen molar-refractivity contribution in [2.24, 2.45) is 0 Å². The zero-order valence-electron chi connectivity index (χ0n) is 9.62. The zero-order valence-corrected chi connectivity index (χ0v) is 9.62. The fourth-order valence-corrected chi connectivity index (χ4v) is 1.97. The molecule has 0 aromatic heterocycles. The summed E-state index contributed by atoms with van der Waals surface area (Å²) in [5.41, 5.74) is 0. The van der Waals surface area contributed by atoms with E-state index in [-0.39, 0.29) is 0 Å². The van der Waals surface area contributed by atoms with Crippen molar-refractivity contribution in [2.75, 3.05) is 27.2 Å². The summed E-state index contributed by atoms with van der Waals surface area (Å²) >= 11 is 0. The molecule has 1 amide bonds. The molecule has 0 spiro atoms. The van der Waals surface area contributed by atoms with Gasteiger partial charge in [-0.25, -0.2) is 0 Å². The van der Waals surface area contributed by atoms with Gasteiger partial charge in [0.1, 0.15) is 0 Å². The number of hydrogen-bond acceptors (Lipinski definition) is 2. The van der Waals surface area contributed by atoms with E-state index in [2.05, 4.69) is 25.9 Å². The van der Waals surface area contributed by atoms with E-state index in [0.29, 0.717) is 18.4 Å². The molecule has 1 unspecified atom stereocenters. The van der Waals surface area contributed by atoms with E-state index in [9.17, 15) is 4.79 Å². The van der Waals surface area contributed by atoms with Crippen LogP contribution >= 0.6 is 0 Å². The fourth-order valence-electron chi connectivity index (χ4n) is 1.97. The molecule has 0 bridgehead atoms. The molecule has 3 heteroatoms. The largest absolute Gasteiger partial charge is 0.341 e. The average Bonchev–Trinajstić information content (AvgIpc) is 2.18. The van der Waals surface area contributed by atoms with Gasteiger partial charge in [-0.1, -0.05) is 6.92 Å². The van der Waals surface area contributed by atoms with E-state index in [1.54, 1.807) is 0 Å². The topological polar surface area (TPSA) is 23.6 Å². The quantitative estimate of drug-likeness (QED) is 0.683. The summed E-state index contributed by atoms with van der Waals surface area (Å²) in [5.74, 6) is 0.332. The Kier molecular flexibility index (Phi) is 4.39. The van der Waals surface area contributed by atoms with Crippen molar-refractivity contribution in [1.29, 1.82) is 0 Å². The molecule has 1 saturated heterocycles. The number of carbonyl (C=O) groups is 1. The molecule has 1 fully saturated rings. The minimum Gasteiger partial charge on any atom is -0.341 e. The van der Waals surface area contributed by atoms with Gasteiger partial charge in [0.2, 0.25) is 5.91 Å². The minimum absolute atomic E-state index is 0.332. The van der Waals surface area contributed by atoms with Gasteiger partial charge >= 0.3 is 0 Å². The summed E-state index contributed by atoms with van der Waals surface area (Å²) in [4.78, 5) is 15.9. The van der Waals surface area contributed by atoms with E-state index in [0.717, 1.165) is 25.9 Å². The van der Waals surface area contributed by atoms with Crippen LogP contribution in [0.4, 0.5) is 0 Å². The lowest BCUT2D eigenvalue weighted by Gasteiger charge is -2.36. The lowest BCUT2D eigenvalue weighted by atomic mass is 10.0. The number of rotatable bonds is 3. The second kappa shape index (κ2) is 5.35. The van der Waals surface area contributed by atoms with Crippen molar-refractivity contribution in [3.63, 3.8) is 0 Å². The predicted molar refractivity (Wildman–Crippen MR) is 58.2 cm³/mol. The Morgan fingerprint density at radius 3 is 2.79 bits per heavy atom. The molecule has 1 atom stereocenters. The Labute approximate surface area is 87.1 Å². The molecule has 3 nitrogen and oxygen atoms in total. The molecule has 0 aromatic rings. The highest BCUT2D eigenvalue weighted by Crippen LogP contribution is 2.14. The highest BCUT2D eigenvalue weighted by molar-refractivity contribution is 5.76. The molecule has 1 rings (SSSR count). The van der Waals surface area contributed by atoms with Gasteiger partial charge in [0.15, 0.2) is 0 Å². The van der Waals surface area contributed by atoms with Gasteiger partial charge in [-0.2, -0.15) is 0 Å². The summed E-state index contributed by atoms with van der Waals surface area (Å²) in [5, 5.41) is 0. The molecule has 0 N–H and O–H groups in total. The van der Waals surface area contributed by atoms with Gasteiger partial charge in [0.05, 0.1) is 0 Å². The molecule has 82 valence electrons. The molecule has 1 heterocycles. The normalized spacial score (nSPS) is 22.9. The first-order chi connectivity index (χ1) is 6.65. The Bertz CT molecular complexity index is 192. The van der Waals surface area contributed by atoms with Crippen LogP contribution < -0.4 is 0 Å². The molecule has 1 aliphatic heterocycles. The first-order valence-corrected chi connectivity index (χ1v) is 5.59. The van der Waals surface area contributed by atoms with Crippen molar-refractivity contribution in [3.8, 4) is 0 Å². The number of nitrogens with zero attached hydrogens (tertiary/aromatic N) is 2. The van der Waals surface area contributed by atoms with Crippen molar-refractivity contribution in [1.82, 2.24) is 9.80 Å². The van der Waals surface area contributed by atoms with Crippen molar-refractivity contribution >= 4 is 5.91 Å². The third kappa shape index (κ3) is 2.98. The molecule has 0 aromatic carbocycles. The minimum atomic E-state index is 0.332. The maximum atomic E-state index is 11.7. The van der Waals surface area contributed by atoms with Crippen LogP contribution in [0, 0.1) is 0 Å². The van der Waals surface area contributed by atoms with E-state index in [1.165, 1.54) is 6.42 Å². The second-order valence-corrected chi connectivity index (χ2v) is 4.35. The van der Waals surface area contributed by atoms with Crippen LogP contribution in [0.25, 0.3) is 0 Å². The van der Waals surface area contributed by atoms with Crippen LogP contribution in [-0.4, -0.2) is 48.9 Å². The summed E-state index contributed by atoms with van der Waals surface area (Å²) in [6.07, 6.45) is 4.04. The van der Waals surface area contributed by atoms with Crippen LogP contribution in [0.2, 0.25) is 0 Å². The third-order valence-corrected chi connectivity index (χ3v) is 2.94. The molecule has 0 saturated carbocycles. The number of carbonyl (C=O) groups excluding carboxylic acids is 1. The molecule has 14 heavy (non-hydrogen) atoms. The van der Waals surface area contributed by atoms with Crippen molar-refractivity contribution in [2.45, 2.75) is 38.6 Å². The third-order valence-electron chi connectivity index (χ3n) is 2.94. The maximum Gasteiger partial charge on any atom is 0.222 e. The second-order valence-electron chi connectivity index (χ2n) is 4.35. The monoisotopic (exact) mass is 198 g/mol. The molecular weight excluding hydrogens is 176 g/mol. The average molecular weight is 198 g/mol. The number of likely N-dealkylation sites (tertiary alicyclic amines) is 1. The molecule has 0 radical (unpaired) electrons. The lowest BCUT2D eigenvalue weighted by molar-refractivity contribution is -0.133. The van der Waals surface area contributed by atoms with Crippen LogP contribution in [0.15, 0.2) is 0 Å². The standard InChI is InChI=1S/C11H22N2O/c1-4-6-11(14)13-8-5-7-10(9-13)12(2)3/h10H,4-9H2,1-3H3. The SMILES string of the molecule is CCCC(=O)N1CCCC(N(C)C)C1. The first kappa shape index (κ1) is 11.5. The van der Waals surface area contributed by atoms with Gasteiger partial charge in [0.25, 0.3) is 0 Å². The summed E-state index contributed by atoms with van der Waals surface area (Å²) in [6.45, 7) is 3.94. The Balaban J connectivity index is 2.43. The van der Waals surface area contributed by atoms with Crippen molar-refractivity contribution in [3.05, 3.63) is 0 Å². The lowest BCUT2D eigenvalue weighted by Crippen LogP contribution is -2.47. The van der Waals surface area contributed by atoms with Gasteiger partial charge in [-0.15, -0.1) is 0 Å². The predicted octanol–water partition coefficient (Wildman–Crippen LogP) is 1.34. The van der Waals surface area contributed by atoms with Gasteiger partial charge < -0.3 is 9.80 Å². The summed E-state index contributed by atoms with van der Waals surface area (Å²) in [6, 6.07) is 0.560. The number of likely N-dealkylation sites (N-methyl/N-ethyl adjacent to an activating group) is 1. The Morgan fingerprint density at radius 1 is 1.50 bits per heavy atom. The van der Waals surface area contributed by atoms with Gasteiger partial charge in [0, 0.05) is 25.6 Å². The molecular formula is C11H22N2O. The smallest absolute Gasteiger partial charge is 0.222 e. The molecule has 0 aliphatic carbocycles. The van der Waals surface area contributed by atoms with Crippen LogP contribution in [0.1, 0.15) is 32.6 Å². The Hall–Kier alpha value is -0.570. The first-order valence-electron chi connectivity index (χ1n) is 5.59.